The maximum atomic E-state index is 12.2. The van der Waals surface area contributed by atoms with E-state index in [4.69, 9.17) is 9.47 Å². The zero-order valence-electron chi connectivity index (χ0n) is 24.8. The fourth-order valence-corrected chi connectivity index (χ4v) is 4.89. The number of carbonyl (C=O) groups is 3. The van der Waals surface area contributed by atoms with Crippen LogP contribution in [0.1, 0.15) is 80.1 Å². The molecule has 224 valence electrons. The fraction of sp³-hybridized carbons (Fsp3) is 0.324. The maximum absolute atomic E-state index is 12.2. The first kappa shape index (κ1) is 31.5. The van der Waals surface area contributed by atoms with E-state index in [-0.39, 0.29) is 17.6 Å². The molecule has 2 amide bonds. The fourth-order valence-electron chi connectivity index (χ4n) is 4.89. The molecule has 3 aromatic carbocycles. The topological polar surface area (TPSA) is 72.9 Å². The van der Waals surface area contributed by atoms with Gasteiger partial charge in [0.05, 0.1) is 18.9 Å². The van der Waals surface area contributed by atoms with Crippen LogP contribution in [0.2, 0.25) is 0 Å². The summed E-state index contributed by atoms with van der Waals surface area (Å²) in [4.78, 5) is 36.9. The van der Waals surface area contributed by atoms with E-state index in [1.807, 2.05) is 60.7 Å². The van der Waals surface area contributed by atoms with Gasteiger partial charge < -0.3 is 9.47 Å². The van der Waals surface area contributed by atoms with Crippen molar-refractivity contribution in [1.29, 1.82) is 0 Å². The average molecular weight is 580 g/mol. The van der Waals surface area contributed by atoms with Gasteiger partial charge in [-0.2, -0.15) is 0 Å². The SMILES string of the molecule is O=C(C=Cc1ccc(OCCCCCCCCCCCCOc2ccc(N3C(=O)C=CC3=O)cc2)cc1)c1ccccc1. The number of allylic oxidation sites excluding steroid dienone is 1. The molecule has 43 heavy (non-hydrogen) atoms. The third kappa shape index (κ3) is 10.7. The predicted molar refractivity (Wildman–Crippen MR) is 171 cm³/mol. The lowest BCUT2D eigenvalue weighted by Gasteiger charge is -2.14. The zero-order valence-corrected chi connectivity index (χ0v) is 24.8. The Hall–Kier alpha value is -4.45. The molecule has 0 spiro atoms. The second-order valence-electron chi connectivity index (χ2n) is 10.7. The Kier molecular flexibility index (Phi) is 12.8. The number of rotatable bonds is 19. The number of amides is 2. The summed E-state index contributed by atoms with van der Waals surface area (Å²) in [5, 5.41) is 0. The highest BCUT2D eigenvalue weighted by atomic mass is 16.5. The van der Waals surface area contributed by atoms with Crippen LogP contribution in [0.4, 0.5) is 5.69 Å². The highest BCUT2D eigenvalue weighted by molar-refractivity contribution is 6.28. The minimum atomic E-state index is -0.313. The Bertz CT molecular complexity index is 1340. The van der Waals surface area contributed by atoms with Gasteiger partial charge in [0, 0.05) is 17.7 Å². The minimum absolute atomic E-state index is 0.00000901. The summed E-state index contributed by atoms with van der Waals surface area (Å²) >= 11 is 0. The van der Waals surface area contributed by atoms with E-state index in [0.717, 1.165) is 47.8 Å². The van der Waals surface area contributed by atoms with Gasteiger partial charge in [0.15, 0.2) is 5.78 Å². The van der Waals surface area contributed by atoms with Gasteiger partial charge in [0.2, 0.25) is 0 Å². The summed E-state index contributed by atoms with van der Waals surface area (Å²) in [6.45, 7) is 1.39. The summed E-state index contributed by atoms with van der Waals surface area (Å²) in [6.07, 6.45) is 18.0. The molecule has 4 rings (SSSR count). The number of nitrogens with zero attached hydrogens (tertiary/aromatic N) is 1. The first-order valence-electron chi connectivity index (χ1n) is 15.4. The van der Waals surface area contributed by atoms with Gasteiger partial charge in [-0.3, -0.25) is 14.4 Å². The van der Waals surface area contributed by atoms with E-state index >= 15 is 0 Å². The lowest BCUT2D eigenvalue weighted by molar-refractivity contribution is -0.119. The smallest absolute Gasteiger partial charge is 0.258 e. The molecule has 1 aliphatic rings. The van der Waals surface area contributed by atoms with E-state index < -0.39 is 0 Å². The molecule has 0 radical (unpaired) electrons. The molecule has 6 heteroatoms. The standard InChI is InChI=1S/C37H41NO5/c39-35(31-14-10-9-11-15-31)25-18-30-16-21-33(22-17-30)42-28-12-7-5-3-1-2-4-6-8-13-29-43-34-23-19-32(20-24-34)38-36(40)26-27-37(38)41/h9-11,14-27H,1-8,12-13,28-29H2. The third-order valence-corrected chi connectivity index (χ3v) is 7.35. The molecule has 0 aromatic heterocycles. The highest BCUT2D eigenvalue weighted by Gasteiger charge is 2.24. The van der Waals surface area contributed by atoms with Crippen molar-refractivity contribution in [2.45, 2.75) is 64.2 Å². The van der Waals surface area contributed by atoms with Gasteiger partial charge in [0.1, 0.15) is 11.5 Å². The Morgan fingerprint density at radius 1 is 0.581 bits per heavy atom. The Morgan fingerprint density at radius 3 is 1.56 bits per heavy atom. The van der Waals surface area contributed by atoms with Crippen molar-refractivity contribution in [2.75, 3.05) is 18.1 Å². The van der Waals surface area contributed by atoms with Gasteiger partial charge in [-0.1, -0.05) is 99.9 Å². The van der Waals surface area contributed by atoms with Crippen LogP contribution in [-0.2, 0) is 9.59 Å². The molecule has 0 atom stereocenters. The first-order chi connectivity index (χ1) is 21.1. The number of benzene rings is 3. The molecule has 0 saturated heterocycles. The lowest BCUT2D eigenvalue weighted by atomic mass is 10.1. The van der Waals surface area contributed by atoms with Crippen molar-refractivity contribution in [3.05, 3.63) is 108 Å². The van der Waals surface area contributed by atoms with E-state index in [9.17, 15) is 14.4 Å². The molecule has 0 saturated carbocycles. The zero-order chi connectivity index (χ0) is 30.1. The number of carbonyl (C=O) groups excluding carboxylic acids is 3. The van der Waals surface area contributed by atoms with Crippen molar-refractivity contribution in [3.63, 3.8) is 0 Å². The minimum Gasteiger partial charge on any atom is -0.494 e. The molecule has 3 aromatic rings. The summed E-state index contributed by atoms with van der Waals surface area (Å²) in [5.41, 5.74) is 2.23. The molecule has 0 aliphatic carbocycles. The van der Waals surface area contributed by atoms with Gasteiger partial charge in [-0.05, 0) is 60.9 Å². The van der Waals surface area contributed by atoms with Crippen LogP contribution < -0.4 is 14.4 Å². The molecule has 1 aliphatic heterocycles. The number of ketones is 1. The number of hydrogen-bond acceptors (Lipinski definition) is 5. The van der Waals surface area contributed by atoms with Gasteiger partial charge in [-0.15, -0.1) is 0 Å². The van der Waals surface area contributed by atoms with Crippen LogP contribution >= 0.6 is 0 Å². The Labute approximate surface area is 255 Å². The van der Waals surface area contributed by atoms with Crippen molar-refractivity contribution in [1.82, 2.24) is 0 Å². The number of hydrogen-bond donors (Lipinski definition) is 0. The Morgan fingerprint density at radius 2 is 1.05 bits per heavy atom. The second-order valence-corrected chi connectivity index (χ2v) is 10.7. The third-order valence-electron chi connectivity index (χ3n) is 7.35. The van der Waals surface area contributed by atoms with Gasteiger partial charge >= 0.3 is 0 Å². The molecular weight excluding hydrogens is 538 g/mol. The highest BCUT2D eigenvalue weighted by Crippen LogP contribution is 2.23. The molecule has 0 unspecified atom stereocenters. The summed E-state index contributed by atoms with van der Waals surface area (Å²) in [6, 6.07) is 24.2. The molecule has 0 N–H and O–H groups in total. The number of imide groups is 1. The summed E-state index contributed by atoms with van der Waals surface area (Å²) in [5.74, 6) is 0.986. The van der Waals surface area contributed by atoms with Crippen LogP contribution in [0.25, 0.3) is 6.08 Å². The summed E-state index contributed by atoms with van der Waals surface area (Å²) < 4.78 is 11.7. The largest absolute Gasteiger partial charge is 0.494 e. The molecule has 1 heterocycles. The van der Waals surface area contributed by atoms with Crippen LogP contribution in [-0.4, -0.2) is 30.8 Å². The molecule has 0 fully saturated rings. The van der Waals surface area contributed by atoms with Crippen LogP contribution in [0, 0.1) is 0 Å². The van der Waals surface area contributed by atoms with Gasteiger partial charge in [-0.25, -0.2) is 4.90 Å². The van der Waals surface area contributed by atoms with Gasteiger partial charge in [0.25, 0.3) is 11.8 Å². The van der Waals surface area contributed by atoms with E-state index in [1.165, 1.54) is 57.1 Å². The van der Waals surface area contributed by atoms with Crippen molar-refractivity contribution in [2.24, 2.45) is 0 Å². The quantitative estimate of drug-likeness (QED) is 0.0617. The lowest BCUT2D eigenvalue weighted by Crippen LogP contribution is -2.29. The second kappa shape index (κ2) is 17.5. The maximum Gasteiger partial charge on any atom is 0.258 e. The normalized spacial score (nSPS) is 12.8. The molecule has 0 bridgehead atoms. The van der Waals surface area contributed by atoms with Crippen molar-refractivity contribution >= 4 is 29.4 Å². The van der Waals surface area contributed by atoms with Crippen LogP contribution in [0.15, 0.2) is 97.1 Å². The monoisotopic (exact) mass is 579 g/mol. The van der Waals surface area contributed by atoms with Crippen molar-refractivity contribution in [3.8, 4) is 11.5 Å². The predicted octanol–water partition coefficient (Wildman–Crippen LogP) is 8.37. The van der Waals surface area contributed by atoms with Crippen LogP contribution in [0.3, 0.4) is 0 Å². The number of ether oxygens (including phenoxy) is 2. The first-order valence-corrected chi connectivity index (χ1v) is 15.4. The van der Waals surface area contributed by atoms with Crippen molar-refractivity contribution < 1.29 is 23.9 Å². The van der Waals surface area contributed by atoms with E-state index in [2.05, 4.69) is 0 Å². The van der Waals surface area contributed by atoms with E-state index in [1.54, 1.807) is 30.3 Å². The molecule has 6 nitrogen and oxygen atoms in total. The van der Waals surface area contributed by atoms with Crippen LogP contribution in [0.5, 0.6) is 11.5 Å². The van der Waals surface area contributed by atoms with E-state index in [0.29, 0.717) is 17.9 Å². The Balaban J connectivity index is 0.943. The number of unbranched alkanes of at least 4 members (excludes halogenated alkanes) is 9. The number of anilines is 1. The average Bonchev–Trinajstić information content (AvgIpc) is 3.38. The molecular formula is C37H41NO5. The summed E-state index contributed by atoms with van der Waals surface area (Å²) in [7, 11) is 0.